The van der Waals surface area contributed by atoms with Crippen molar-refractivity contribution in [3.63, 3.8) is 0 Å². The number of carbonyl (C=O) groups is 1. The monoisotopic (exact) mass is 339 g/mol. The van der Waals surface area contributed by atoms with Crippen molar-refractivity contribution in [2.45, 2.75) is 39.8 Å². The molecule has 2 heterocycles. The molecule has 0 saturated carbocycles. The Hall–Kier alpha value is -2.96. The van der Waals surface area contributed by atoms with Crippen LogP contribution < -0.4 is 5.32 Å². The van der Waals surface area contributed by atoms with Crippen LogP contribution in [-0.2, 0) is 24.3 Å². The lowest BCUT2D eigenvalue weighted by atomic mass is 10.1. The predicted octanol–water partition coefficient (Wildman–Crippen LogP) is 2.51. The van der Waals surface area contributed by atoms with Crippen LogP contribution in [0.2, 0.25) is 0 Å². The van der Waals surface area contributed by atoms with E-state index in [1.54, 1.807) is 6.20 Å². The summed E-state index contributed by atoms with van der Waals surface area (Å²) in [7, 11) is 0. The Kier molecular flexibility index (Phi) is 5.23. The molecule has 0 aliphatic heterocycles. The molecule has 1 N–H and O–H groups in total. The van der Waals surface area contributed by atoms with Crippen LogP contribution in [0.1, 0.15) is 30.6 Å². The standard InChI is InChI=1S/C18H21N5O2/c1-3-15-19-9-11-23(15)10-8-16(24)20-12-17-21-18(22-25-17)14-7-5-4-6-13(14)2/h4-7,9,11H,3,8,10,12H2,1-2H3,(H,20,24). The molecular weight excluding hydrogens is 318 g/mol. The molecule has 0 radical (unpaired) electrons. The van der Waals surface area contributed by atoms with Crippen molar-refractivity contribution in [1.29, 1.82) is 0 Å². The molecule has 0 fully saturated rings. The maximum Gasteiger partial charge on any atom is 0.246 e. The number of imidazole rings is 1. The second-order valence-corrected chi connectivity index (χ2v) is 5.74. The maximum absolute atomic E-state index is 12.0. The average Bonchev–Trinajstić information content (AvgIpc) is 3.27. The molecule has 0 aliphatic rings. The van der Waals surface area contributed by atoms with Gasteiger partial charge in [0.15, 0.2) is 0 Å². The lowest BCUT2D eigenvalue weighted by Crippen LogP contribution is -2.24. The molecule has 0 atom stereocenters. The van der Waals surface area contributed by atoms with Gasteiger partial charge in [0.25, 0.3) is 0 Å². The third kappa shape index (κ3) is 4.12. The highest BCUT2D eigenvalue weighted by atomic mass is 16.5. The Morgan fingerprint density at radius 1 is 1.32 bits per heavy atom. The van der Waals surface area contributed by atoms with E-state index in [0.717, 1.165) is 23.4 Å². The number of amides is 1. The van der Waals surface area contributed by atoms with E-state index in [0.29, 0.717) is 24.7 Å². The van der Waals surface area contributed by atoms with Crippen molar-refractivity contribution >= 4 is 5.91 Å². The molecule has 7 heteroatoms. The number of hydrogen-bond acceptors (Lipinski definition) is 5. The first kappa shape index (κ1) is 16.9. The normalized spacial score (nSPS) is 10.8. The van der Waals surface area contributed by atoms with Gasteiger partial charge in [-0.25, -0.2) is 4.98 Å². The van der Waals surface area contributed by atoms with Crippen LogP contribution in [0.4, 0.5) is 0 Å². The Bertz CT molecular complexity index is 853. The molecule has 0 unspecified atom stereocenters. The maximum atomic E-state index is 12.0. The molecule has 0 bridgehead atoms. The Morgan fingerprint density at radius 2 is 2.16 bits per heavy atom. The lowest BCUT2D eigenvalue weighted by Gasteiger charge is -2.06. The SMILES string of the molecule is CCc1nccn1CCC(=O)NCc1nc(-c2ccccc2C)no1. The molecule has 3 aromatic rings. The van der Waals surface area contributed by atoms with Crippen molar-refractivity contribution in [2.24, 2.45) is 0 Å². The van der Waals surface area contributed by atoms with E-state index in [-0.39, 0.29) is 12.5 Å². The van der Waals surface area contributed by atoms with Gasteiger partial charge >= 0.3 is 0 Å². The summed E-state index contributed by atoms with van der Waals surface area (Å²) >= 11 is 0. The second kappa shape index (κ2) is 7.74. The van der Waals surface area contributed by atoms with Crippen molar-refractivity contribution in [2.75, 3.05) is 0 Å². The van der Waals surface area contributed by atoms with Gasteiger partial charge in [-0.2, -0.15) is 4.98 Å². The zero-order chi connectivity index (χ0) is 17.6. The molecule has 1 amide bonds. The minimum absolute atomic E-state index is 0.0635. The fourth-order valence-electron chi connectivity index (χ4n) is 2.60. The van der Waals surface area contributed by atoms with E-state index >= 15 is 0 Å². The van der Waals surface area contributed by atoms with E-state index in [1.165, 1.54) is 0 Å². The number of nitrogens with one attached hydrogen (secondary N) is 1. The van der Waals surface area contributed by atoms with Crippen LogP contribution in [0.3, 0.4) is 0 Å². The first-order valence-corrected chi connectivity index (χ1v) is 8.32. The van der Waals surface area contributed by atoms with E-state index in [1.807, 2.05) is 48.9 Å². The number of aryl methyl sites for hydroxylation is 3. The minimum Gasteiger partial charge on any atom is -0.347 e. The van der Waals surface area contributed by atoms with Gasteiger partial charge in [0.2, 0.25) is 17.6 Å². The van der Waals surface area contributed by atoms with Crippen LogP contribution >= 0.6 is 0 Å². The zero-order valence-electron chi connectivity index (χ0n) is 14.4. The summed E-state index contributed by atoms with van der Waals surface area (Å²) in [6, 6.07) is 7.83. The van der Waals surface area contributed by atoms with E-state index in [9.17, 15) is 4.79 Å². The van der Waals surface area contributed by atoms with E-state index < -0.39 is 0 Å². The molecule has 3 rings (SSSR count). The smallest absolute Gasteiger partial charge is 0.246 e. The third-order valence-corrected chi connectivity index (χ3v) is 3.99. The van der Waals surface area contributed by atoms with E-state index in [4.69, 9.17) is 4.52 Å². The number of aromatic nitrogens is 4. The van der Waals surface area contributed by atoms with Gasteiger partial charge in [-0.1, -0.05) is 36.3 Å². The topological polar surface area (TPSA) is 85.8 Å². The van der Waals surface area contributed by atoms with Crippen LogP contribution in [0.15, 0.2) is 41.2 Å². The summed E-state index contributed by atoms with van der Waals surface area (Å²) in [5.74, 6) is 1.84. The highest BCUT2D eigenvalue weighted by Crippen LogP contribution is 2.19. The molecule has 2 aromatic heterocycles. The molecule has 0 aliphatic carbocycles. The van der Waals surface area contributed by atoms with Gasteiger partial charge in [-0.15, -0.1) is 0 Å². The number of rotatable bonds is 7. The molecule has 0 saturated heterocycles. The predicted molar refractivity (Wildman–Crippen MR) is 92.5 cm³/mol. The van der Waals surface area contributed by atoms with Gasteiger partial charge in [-0.05, 0) is 12.5 Å². The van der Waals surface area contributed by atoms with Gasteiger partial charge in [0, 0.05) is 37.3 Å². The quantitative estimate of drug-likeness (QED) is 0.715. The summed E-state index contributed by atoms with van der Waals surface area (Å²) in [5, 5.41) is 6.79. The second-order valence-electron chi connectivity index (χ2n) is 5.74. The fraction of sp³-hybridized carbons (Fsp3) is 0.333. The zero-order valence-corrected chi connectivity index (χ0v) is 14.4. The number of carbonyl (C=O) groups excluding carboxylic acids is 1. The fourth-order valence-corrected chi connectivity index (χ4v) is 2.60. The highest BCUT2D eigenvalue weighted by molar-refractivity contribution is 5.75. The Labute approximate surface area is 146 Å². The van der Waals surface area contributed by atoms with Gasteiger partial charge in [0.05, 0.1) is 6.54 Å². The Balaban J connectivity index is 1.52. The molecule has 25 heavy (non-hydrogen) atoms. The van der Waals surface area contributed by atoms with Gasteiger partial charge in [0.1, 0.15) is 5.82 Å². The van der Waals surface area contributed by atoms with Crippen molar-refractivity contribution < 1.29 is 9.32 Å². The summed E-state index contributed by atoms with van der Waals surface area (Å²) in [6.07, 6.45) is 4.86. The summed E-state index contributed by atoms with van der Waals surface area (Å²) in [6.45, 7) is 4.86. The first-order valence-electron chi connectivity index (χ1n) is 8.32. The van der Waals surface area contributed by atoms with E-state index in [2.05, 4.69) is 20.4 Å². The van der Waals surface area contributed by atoms with Crippen molar-refractivity contribution in [1.82, 2.24) is 25.0 Å². The molecular formula is C18H21N5O2. The largest absolute Gasteiger partial charge is 0.347 e. The third-order valence-electron chi connectivity index (χ3n) is 3.99. The summed E-state index contributed by atoms with van der Waals surface area (Å²) < 4.78 is 7.21. The number of hydrogen-bond donors (Lipinski definition) is 1. The van der Waals surface area contributed by atoms with Crippen molar-refractivity contribution in [3.05, 3.63) is 53.9 Å². The molecule has 7 nitrogen and oxygen atoms in total. The van der Waals surface area contributed by atoms with Crippen LogP contribution in [0.25, 0.3) is 11.4 Å². The Morgan fingerprint density at radius 3 is 2.96 bits per heavy atom. The number of benzene rings is 1. The van der Waals surface area contributed by atoms with Crippen LogP contribution in [0, 0.1) is 6.92 Å². The molecule has 0 spiro atoms. The summed E-state index contributed by atoms with van der Waals surface area (Å²) in [4.78, 5) is 20.6. The lowest BCUT2D eigenvalue weighted by molar-refractivity contribution is -0.121. The van der Waals surface area contributed by atoms with Gasteiger partial charge in [-0.3, -0.25) is 4.79 Å². The van der Waals surface area contributed by atoms with Gasteiger partial charge < -0.3 is 14.4 Å². The van der Waals surface area contributed by atoms with Crippen LogP contribution in [-0.4, -0.2) is 25.6 Å². The summed E-state index contributed by atoms with van der Waals surface area (Å²) in [5.41, 5.74) is 2.00. The highest BCUT2D eigenvalue weighted by Gasteiger charge is 2.11. The molecule has 1 aromatic carbocycles. The van der Waals surface area contributed by atoms with Crippen molar-refractivity contribution in [3.8, 4) is 11.4 Å². The van der Waals surface area contributed by atoms with Crippen LogP contribution in [0.5, 0.6) is 0 Å². The molecule has 130 valence electrons. The number of nitrogens with zero attached hydrogens (tertiary/aromatic N) is 4. The first-order chi connectivity index (χ1) is 12.2. The average molecular weight is 339 g/mol. The minimum atomic E-state index is -0.0635.